The summed E-state index contributed by atoms with van der Waals surface area (Å²) in [5.74, 6) is -8.45. The molecule has 2 aromatic heterocycles. The molecule has 8 spiro atoms. The van der Waals surface area contributed by atoms with Crippen LogP contribution in [0.1, 0.15) is 250 Å². The third kappa shape index (κ3) is 17.7. The van der Waals surface area contributed by atoms with E-state index in [1.165, 1.54) is 52.4 Å². The smallest absolute Gasteiger partial charge is 0.347 e. The van der Waals surface area contributed by atoms with Crippen molar-refractivity contribution < 1.29 is 81.5 Å². The number of fused-ring (bicyclic) bond motifs is 12. The highest BCUT2D eigenvalue weighted by molar-refractivity contribution is 6.34. The van der Waals surface area contributed by atoms with Gasteiger partial charge in [-0.1, -0.05) is 218 Å². The number of aromatic nitrogens is 4. The number of carboxylic acid groups (broad SMARTS) is 2. The summed E-state index contributed by atoms with van der Waals surface area (Å²) in [5.41, 5.74) is -5.41. The van der Waals surface area contributed by atoms with Crippen LogP contribution in [0.15, 0.2) is 146 Å². The lowest BCUT2D eigenvalue weighted by atomic mass is 9.55. The van der Waals surface area contributed by atoms with Crippen molar-refractivity contribution in [2.45, 2.75) is 297 Å². The Morgan fingerprint density at radius 1 is 0.420 bits per heavy atom. The molecular formula is C109H116Cl8F2N16O15. The van der Waals surface area contributed by atoms with Crippen LogP contribution in [0.5, 0.6) is 11.6 Å². The minimum absolute atomic E-state index is 0.00458. The Bertz CT molecular complexity index is 6730. The lowest BCUT2D eigenvalue weighted by molar-refractivity contribution is -0.153. The first-order chi connectivity index (χ1) is 71.4. The number of H-pyrrole nitrogens is 1. The minimum Gasteiger partial charge on any atom is -0.478 e. The summed E-state index contributed by atoms with van der Waals surface area (Å²) >= 11 is 50.7. The second-order valence-corrected chi connectivity index (χ2v) is 46.6. The third-order valence-electron chi connectivity index (χ3n) is 33.9. The number of carbonyl (C=O) groups is 10. The number of pyridine rings is 1. The van der Waals surface area contributed by atoms with Gasteiger partial charge in [-0.15, -0.1) is 0 Å². The number of rotatable bonds is 17. The highest BCUT2D eigenvalue weighted by Gasteiger charge is 2.78. The fourth-order valence-electron chi connectivity index (χ4n) is 27.9. The van der Waals surface area contributed by atoms with Crippen LogP contribution in [0, 0.1) is 11.6 Å². The zero-order valence-corrected chi connectivity index (χ0v) is 89.2. The van der Waals surface area contributed by atoms with E-state index in [-0.39, 0.29) is 97.7 Å². The molecule has 31 nitrogen and oxygen atoms in total. The lowest BCUT2D eigenvalue weighted by Crippen LogP contribution is -2.60. The number of likely N-dealkylation sites (N-methyl/N-ethyl adjacent to an activating group) is 2. The largest absolute Gasteiger partial charge is 0.478 e. The van der Waals surface area contributed by atoms with Gasteiger partial charge in [0.2, 0.25) is 58.7 Å². The van der Waals surface area contributed by atoms with Crippen molar-refractivity contribution in [3.05, 3.63) is 248 Å². The van der Waals surface area contributed by atoms with Crippen LogP contribution in [0.3, 0.4) is 0 Å². The molecule has 8 amide bonds. The van der Waals surface area contributed by atoms with Gasteiger partial charge < -0.3 is 67.3 Å². The Kier molecular flexibility index (Phi) is 29.3. The first-order valence-corrected chi connectivity index (χ1v) is 53.7. The average molecular weight is 2210 g/mol. The predicted octanol–water partition coefficient (Wildman–Crippen LogP) is 17.7. The van der Waals surface area contributed by atoms with E-state index in [2.05, 4.69) is 84.0 Å². The molecule has 22 rings (SSSR count). The van der Waals surface area contributed by atoms with Gasteiger partial charge in [0.1, 0.15) is 51.2 Å². The monoisotopic (exact) mass is 2210 g/mol. The molecule has 16 N–H and O–H groups in total. The molecule has 0 radical (unpaired) electrons. The number of hydrogen-bond acceptors (Lipinski definition) is 20. The number of carboxylic acids is 2. The fraction of sp³-hybridized carbons (Fsp3) is 0.459. The van der Waals surface area contributed by atoms with Crippen molar-refractivity contribution in [3.8, 4) is 11.6 Å². The number of halogens is 10. The molecule has 8 aliphatic heterocycles. The maximum Gasteiger partial charge on any atom is 0.347 e. The summed E-state index contributed by atoms with van der Waals surface area (Å²) in [7, 11) is 3.11. The Hall–Kier alpha value is -10.9. The number of aliphatic carboxylic acids is 2. The number of anilines is 4. The zero-order chi connectivity index (χ0) is 107. The molecule has 4 saturated heterocycles. The minimum atomic E-state index is -1.64. The van der Waals surface area contributed by atoms with E-state index < -0.39 is 132 Å². The van der Waals surface area contributed by atoms with Crippen molar-refractivity contribution in [1.29, 1.82) is 0 Å². The SMILES string of the molecule is CC1(O)CC(NC(=O)[C@@H]2NC3(CCCCC3)[C@@]3(C(=O)Nc4cc(Cl)ccc43)[C@H]2c2cccc(Cl)c2F)C1.CNC(=O)[C@@H]1NC2(CCCCC2)[C@@]2(C(=O)Nc3cc(Cl)ccc32)[C@H]1c1cc(Cl)ccc1OC(C)(C)C(=O)O.CNC(=O)[C@@H]1NC2(CCCCC2)[C@@]2(C(=O)Nc3cc(Cl)ccc32)[C@H]1c1cc(Cl)cnc1OC(C)(C)C(=O)O.O=C(NCc1ncn[nH]1)[C@@H]1NC2(CCCCC2)[C@@]2(C(=O)Nc3cc(Cl)ccc32)[C@H]1c1cccc(Cl)c1F. The third-order valence-corrected chi connectivity index (χ3v) is 35.9. The van der Waals surface area contributed by atoms with Gasteiger partial charge in [-0.3, -0.25) is 64.7 Å². The quantitative estimate of drug-likeness (QED) is 0.0402. The van der Waals surface area contributed by atoms with E-state index in [0.717, 1.165) is 93.7 Å². The standard InChI is InChI=1S/C28H30Cl2FN3O3.C28H31Cl2N3O5.C27H30Cl2N4O5.C26H25Cl2FN6O2/c1-26(37)13-16(14-26)32-24(35)23-21(17-6-5-7-19(30)22(17)31)28(27(34-23)10-3-2-4-11-27)18-9-8-15(29)12-20(18)33-25(28)36;1-26(2,25(36)37)38-20-10-8-15(29)13-17(20)21-22(23(34)31-3)33-27(11-5-4-6-12-27)28(21)18-9-7-16(30)14-19(18)32-24(28)35;1-25(2,24(36)37)38-22-16(11-15(29)13-31-22)19-20(21(34)30-3)33-26(9-5-4-6-10-26)27(19)17-8-7-14(28)12-18(17)32-23(27)35;27-14-7-8-16-18(11-14)33-24(37)26(16)20(15-5-4-6-17(28)21(15)29)22(34-25(26)9-2-1-3-10-25)23(36)30-12-19-31-13-32-35-19/h5-9,12,16,21,23,34,37H,2-4,10-11,13-14H2,1H3,(H,32,35)(H,33,36);7-10,13-14,21-22,33H,4-6,11-12H2,1-3H3,(H,31,34)(H,32,35)(H,36,37);7-8,11-13,19-20,33H,4-6,9-10H2,1-3H3,(H,30,34)(H,32,35)(H,36,37);4-8,11,13,20,22,34H,1-3,9-10,12H2,(H,30,36)(H,33,37)(H,31,32,35)/t16?,21-,23+,26?,28+;21-,22+,28+;19-,20+,27+;20-,22+,26+/m0000/s1. The Morgan fingerprint density at radius 3 is 1.11 bits per heavy atom. The zero-order valence-electron chi connectivity index (χ0n) is 83.2. The average Bonchev–Trinajstić information content (AvgIpc) is 1.52. The van der Waals surface area contributed by atoms with Crippen LogP contribution in [0.2, 0.25) is 40.2 Å². The topological polar surface area (TPSA) is 449 Å². The first kappa shape index (κ1) is 107. The number of aromatic amines is 1. The fourth-order valence-corrected chi connectivity index (χ4v) is 29.3. The van der Waals surface area contributed by atoms with Crippen LogP contribution >= 0.6 is 92.8 Å². The maximum atomic E-state index is 15.8. The van der Waals surface area contributed by atoms with Crippen LogP contribution < -0.4 is 73.3 Å². The summed E-state index contributed by atoms with van der Waals surface area (Å²) in [5, 5.41) is 76.8. The molecule has 12 atom stereocenters. The van der Waals surface area contributed by atoms with Gasteiger partial charge in [0.05, 0.1) is 51.4 Å². The summed E-state index contributed by atoms with van der Waals surface area (Å²) in [6.07, 6.45) is 20.1. The molecule has 7 aromatic carbocycles. The molecule has 0 bridgehead atoms. The molecule has 9 fully saturated rings. The summed E-state index contributed by atoms with van der Waals surface area (Å²) in [6.45, 7) is 7.58. The van der Waals surface area contributed by atoms with E-state index >= 15 is 8.78 Å². The number of nitrogens with zero attached hydrogens (tertiary/aromatic N) is 3. The van der Waals surface area contributed by atoms with Gasteiger partial charge in [-0.2, -0.15) is 5.10 Å². The van der Waals surface area contributed by atoms with Crippen molar-refractivity contribution in [2.75, 3.05) is 35.4 Å². The van der Waals surface area contributed by atoms with Gasteiger partial charge in [-0.25, -0.2) is 28.3 Å². The summed E-state index contributed by atoms with van der Waals surface area (Å²) in [4.78, 5) is 144. The van der Waals surface area contributed by atoms with E-state index in [1.807, 2.05) is 24.3 Å². The first-order valence-electron chi connectivity index (χ1n) is 50.7. The Labute approximate surface area is 904 Å². The number of aliphatic hydroxyl groups is 1. The number of hydrogen-bond donors (Lipinski definition) is 16. The second kappa shape index (κ2) is 40.8. The van der Waals surface area contributed by atoms with E-state index in [9.17, 15) is 63.3 Å². The van der Waals surface area contributed by atoms with Gasteiger partial charge in [0.25, 0.3) is 0 Å². The molecule has 10 heterocycles. The van der Waals surface area contributed by atoms with Crippen LogP contribution in [0.4, 0.5) is 31.5 Å². The number of benzene rings is 7. The van der Waals surface area contributed by atoms with Crippen LogP contribution in [-0.4, -0.2) is 178 Å². The van der Waals surface area contributed by atoms with E-state index in [0.29, 0.717) is 135 Å². The molecule has 150 heavy (non-hydrogen) atoms. The summed E-state index contributed by atoms with van der Waals surface area (Å²) in [6, 6.07) is 33.6. The number of nitrogens with one attached hydrogen (secondary N) is 13. The van der Waals surface area contributed by atoms with E-state index in [4.69, 9.17) is 102 Å². The van der Waals surface area contributed by atoms with E-state index in [1.54, 1.807) is 118 Å². The lowest BCUT2D eigenvalue weighted by Gasteiger charge is -2.47. The number of amides is 8. The normalized spacial score (nSPS) is 27.8. The number of carbonyl (C=O) groups excluding carboxylic acids is 8. The Morgan fingerprint density at radius 2 is 0.753 bits per heavy atom. The van der Waals surface area contributed by atoms with Crippen molar-refractivity contribution in [1.82, 2.24) is 62.7 Å². The molecular weight excluding hydrogens is 2090 g/mol. The number of ether oxygens (including phenoxy) is 2. The molecule has 41 heteroatoms. The highest BCUT2D eigenvalue weighted by atomic mass is 35.5. The van der Waals surface area contributed by atoms with Gasteiger partial charge in [-0.05, 0) is 217 Å². The molecule has 9 aromatic rings. The molecule has 792 valence electrons. The van der Waals surface area contributed by atoms with Gasteiger partial charge in [0.15, 0.2) is 5.60 Å². The van der Waals surface area contributed by atoms with Crippen LogP contribution in [-0.2, 0) is 76.2 Å². The van der Waals surface area contributed by atoms with Gasteiger partial charge in [0, 0.05) is 131 Å². The van der Waals surface area contributed by atoms with Gasteiger partial charge >= 0.3 is 11.9 Å². The van der Waals surface area contributed by atoms with Crippen molar-refractivity contribution in [2.24, 2.45) is 0 Å². The van der Waals surface area contributed by atoms with Crippen molar-refractivity contribution in [3.63, 3.8) is 0 Å². The predicted molar refractivity (Wildman–Crippen MR) is 565 cm³/mol. The highest BCUT2D eigenvalue weighted by Crippen LogP contribution is 2.69. The molecule has 13 aliphatic rings. The van der Waals surface area contributed by atoms with Crippen molar-refractivity contribution >= 4 is 175 Å². The second-order valence-electron chi connectivity index (χ2n) is 43.1. The molecule has 0 unspecified atom stereocenters. The molecule has 5 aliphatic carbocycles. The van der Waals surface area contributed by atoms with Crippen LogP contribution in [0.25, 0.3) is 0 Å². The maximum absolute atomic E-state index is 15.8. The summed E-state index contributed by atoms with van der Waals surface area (Å²) < 4.78 is 43.6. The molecule has 5 saturated carbocycles. The Balaban J connectivity index is 0.000000125.